The van der Waals surface area contributed by atoms with Crippen molar-refractivity contribution >= 4 is 15.7 Å². The van der Waals surface area contributed by atoms with Crippen molar-refractivity contribution in [3.63, 3.8) is 0 Å². The van der Waals surface area contributed by atoms with Gasteiger partial charge in [0.2, 0.25) is 5.91 Å². The number of hydrogen-bond acceptors (Lipinski definition) is 4. The van der Waals surface area contributed by atoms with E-state index in [9.17, 15) is 13.2 Å². The number of hydrogen-bond donors (Lipinski definition) is 1. The average molecular weight is 220 g/mol. The Morgan fingerprint density at radius 3 is 2.79 bits per heavy atom. The Balaban J connectivity index is 2.46. The molecule has 0 aromatic rings. The van der Waals surface area contributed by atoms with Gasteiger partial charge < -0.3 is 10.6 Å². The first-order valence-electron chi connectivity index (χ1n) is 4.59. The minimum atomic E-state index is -3.00. The summed E-state index contributed by atoms with van der Waals surface area (Å²) in [5.41, 5.74) is 5.68. The van der Waals surface area contributed by atoms with Crippen LogP contribution >= 0.6 is 0 Å². The fourth-order valence-corrected chi connectivity index (χ4v) is 1.99. The van der Waals surface area contributed by atoms with Crippen LogP contribution in [-0.4, -0.2) is 50.4 Å². The van der Waals surface area contributed by atoms with Crippen LogP contribution in [0.1, 0.15) is 12.8 Å². The highest BCUT2D eigenvalue weighted by molar-refractivity contribution is 7.90. The molecule has 0 radical (unpaired) electrons. The monoisotopic (exact) mass is 220 g/mol. The summed E-state index contributed by atoms with van der Waals surface area (Å²) in [5.74, 6) is 0.0289. The molecule has 0 aliphatic carbocycles. The minimum Gasteiger partial charge on any atom is -0.340 e. The van der Waals surface area contributed by atoms with Gasteiger partial charge in [0.25, 0.3) is 0 Å². The van der Waals surface area contributed by atoms with E-state index in [0.29, 0.717) is 19.4 Å². The molecule has 1 aliphatic rings. The van der Waals surface area contributed by atoms with Crippen molar-refractivity contribution in [1.82, 2.24) is 4.90 Å². The van der Waals surface area contributed by atoms with Gasteiger partial charge in [0.05, 0.1) is 5.75 Å². The molecule has 1 amide bonds. The molecule has 1 unspecified atom stereocenters. The molecule has 1 aliphatic heterocycles. The maximum Gasteiger partial charge on any atom is 0.222 e. The second-order valence-electron chi connectivity index (χ2n) is 3.77. The van der Waals surface area contributed by atoms with Crippen LogP contribution in [0.15, 0.2) is 0 Å². The third-order valence-electron chi connectivity index (χ3n) is 2.27. The van der Waals surface area contributed by atoms with E-state index in [2.05, 4.69) is 0 Å². The smallest absolute Gasteiger partial charge is 0.222 e. The second kappa shape index (κ2) is 4.27. The van der Waals surface area contributed by atoms with Gasteiger partial charge >= 0.3 is 0 Å². The summed E-state index contributed by atoms with van der Waals surface area (Å²) in [6, 6.07) is -0.00717. The summed E-state index contributed by atoms with van der Waals surface area (Å²) in [6.07, 6.45) is 2.31. The molecule has 0 saturated carbocycles. The number of carbonyl (C=O) groups is 1. The largest absolute Gasteiger partial charge is 0.340 e. The Labute approximate surface area is 84.2 Å². The van der Waals surface area contributed by atoms with Crippen LogP contribution in [0.25, 0.3) is 0 Å². The zero-order chi connectivity index (χ0) is 10.8. The van der Waals surface area contributed by atoms with Gasteiger partial charge in [0, 0.05) is 31.8 Å². The topological polar surface area (TPSA) is 80.5 Å². The highest BCUT2D eigenvalue weighted by atomic mass is 32.2. The maximum atomic E-state index is 11.3. The lowest BCUT2D eigenvalue weighted by molar-refractivity contribution is -0.133. The quantitative estimate of drug-likeness (QED) is 0.660. The molecule has 82 valence electrons. The van der Waals surface area contributed by atoms with Crippen molar-refractivity contribution in [3.05, 3.63) is 0 Å². The molecule has 0 spiro atoms. The molecule has 1 fully saturated rings. The highest BCUT2D eigenvalue weighted by Crippen LogP contribution is 2.09. The van der Waals surface area contributed by atoms with Crippen molar-refractivity contribution in [1.29, 1.82) is 0 Å². The molecule has 14 heavy (non-hydrogen) atoms. The van der Waals surface area contributed by atoms with Crippen LogP contribution < -0.4 is 5.73 Å². The SMILES string of the molecule is CS(=O)(=O)CCN1CC(N)CCC1=O. The van der Waals surface area contributed by atoms with Crippen LogP contribution in [0, 0.1) is 0 Å². The van der Waals surface area contributed by atoms with E-state index < -0.39 is 9.84 Å². The predicted octanol–water partition coefficient (Wildman–Crippen LogP) is -1.02. The Bertz CT molecular complexity index is 313. The van der Waals surface area contributed by atoms with Crippen molar-refractivity contribution in [2.45, 2.75) is 18.9 Å². The fourth-order valence-electron chi connectivity index (χ4n) is 1.44. The van der Waals surface area contributed by atoms with Crippen LogP contribution in [0.4, 0.5) is 0 Å². The van der Waals surface area contributed by atoms with Gasteiger partial charge in [-0.2, -0.15) is 0 Å². The normalized spacial score (nSPS) is 24.0. The zero-order valence-electron chi connectivity index (χ0n) is 8.27. The van der Waals surface area contributed by atoms with Crippen molar-refractivity contribution in [2.75, 3.05) is 25.1 Å². The van der Waals surface area contributed by atoms with E-state index in [-0.39, 0.29) is 24.2 Å². The number of sulfone groups is 1. The van der Waals surface area contributed by atoms with Gasteiger partial charge in [-0.25, -0.2) is 8.42 Å². The van der Waals surface area contributed by atoms with E-state index in [4.69, 9.17) is 5.73 Å². The molecule has 0 bridgehead atoms. The molecule has 1 heterocycles. The molecule has 2 N–H and O–H groups in total. The van der Waals surface area contributed by atoms with Crippen molar-refractivity contribution < 1.29 is 13.2 Å². The van der Waals surface area contributed by atoms with E-state index in [0.717, 1.165) is 0 Å². The van der Waals surface area contributed by atoms with E-state index in [1.165, 1.54) is 11.2 Å². The summed E-state index contributed by atoms with van der Waals surface area (Å²) in [7, 11) is -3.00. The van der Waals surface area contributed by atoms with E-state index in [1.54, 1.807) is 0 Å². The molecule has 0 aromatic heterocycles. The lowest BCUT2D eigenvalue weighted by Gasteiger charge is -2.30. The van der Waals surface area contributed by atoms with Gasteiger partial charge in [-0.05, 0) is 6.42 Å². The standard InChI is InChI=1S/C8H16N2O3S/c1-14(12,13)5-4-10-6-7(9)2-3-8(10)11/h7H,2-6,9H2,1H3. The van der Waals surface area contributed by atoms with Crippen LogP contribution in [0.2, 0.25) is 0 Å². The molecule has 1 atom stereocenters. The number of piperidine rings is 1. The summed E-state index contributed by atoms with van der Waals surface area (Å²) < 4.78 is 21.8. The highest BCUT2D eigenvalue weighted by Gasteiger charge is 2.23. The minimum absolute atomic E-state index is 0.00717. The Hall–Kier alpha value is -0.620. The van der Waals surface area contributed by atoms with Gasteiger partial charge in [0.1, 0.15) is 9.84 Å². The van der Waals surface area contributed by atoms with Crippen LogP contribution in [-0.2, 0) is 14.6 Å². The molecular formula is C8H16N2O3S. The number of likely N-dealkylation sites (tertiary alicyclic amines) is 1. The Morgan fingerprint density at radius 2 is 2.21 bits per heavy atom. The molecule has 6 heteroatoms. The number of carbonyl (C=O) groups excluding carboxylic acids is 1. The van der Waals surface area contributed by atoms with Gasteiger partial charge in [-0.1, -0.05) is 0 Å². The van der Waals surface area contributed by atoms with Gasteiger partial charge in [-0.3, -0.25) is 4.79 Å². The Kier molecular flexibility index (Phi) is 3.49. The molecule has 5 nitrogen and oxygen atoms in total. The summed E-state index contributed by atoms with van der Waals surface area (Å²) in [6.45, 7) is 0.750. The first-order valence-corrected chi connectivity index (χ1v) is 6.65. The maximum absolute atomic E-state index is 11.3. The van der Waals surface area contributed by atoms with Crippen LogP contribution in [0.3, 0.4) is 0 Å². The van der Waals surface area contributed by atoms with Gasteiger partial charge in [0.15, 0.2) is 0 Å². The molecule has 0 aromatic carbocycles. The summed E-state index contributed by atoms with van der Waals surface area (Å²) in [5, 5.41) is 0. The van der Waals surface area contributed by atoms with E-state index in [1.807, 2.05) is 0 Å². The number of nitrogens with two attached hydrogens (primary N) is 1. The van der Waals surface area contributed by atoms with Crippen molar-refractivity contribution in [3.8, 4) is 0 Å². The predicted molar refractivity (Wildman–Crippen MR) is 53.5 cm³/mol. The zero-order valence-corrected chi connectivity index (χ0v) is 9.09. The molecule has 1 rings (SSSR count). The van der Waals surface area contributed by atoms with Gasteiger partial charge in [-0.15, -0.1) is 0 Å². The lowest BCUT2D eigenvalue weighted by Crippen LogP contribution is -2.47. The third kappa shape index (κ3) is 3.63. The molecular weight excluding hydrogens is 204 g/mol. The first kappa shape index (κ1) is 11.5. The van der Waals surface area contributed by atoms with Crippen LogP contribution in [0.5, 0.6) is 0 Å². The Morgan fingerprint density at radius 1 is 1.57 bits per heavy atom. The summed E-state index contributed by atoms with van der Waals surface area (Å²) >= 11 is 0. The number of rotatable bonds is 3. The summed E-state index contributed by atoms with van der Waals surface area (Å²) in [4.78, 5) is 12.9. The number of amides is 1. The lowest BCUT2D eigenvalue weighted by atomic mass is 10.1. The first-order chi connectivity index (χ1) is 6.38. The van der Waals surface area contributed by atoms with E-state index >= 15 is 0 Å². The second-order valence-corrected chi connectivity index (χ2v) is 6.03. The third-order valence-corrected chi connectivity index (χ3v) is 3.19. The number of nitrogens with zero attached hydrogens (tertiary/aromatic N) is 1. The molecule has 1 saturated heterocycles. The van der Waals surface area contributed by atoms with Crippen molar-refractivity contribution in [2.24, 2.45) is 5.73 Å². The fraction of sp³-hybridized carbons (Fsp3) is 0.875. The average Bonchev–Trinajstić information content (AvgIpc) is 2.05.